The second kappa shape index (κ2) is 9.33. The number of phenols is 1. The van der Waals surface area contributed by atoms with Crippen LogP contribution < -0.4 is 10.6 Å². The fourth-order valence-corrected chi connectivity index (χ4v) is 3.92. The third-order valence-corrected chi connectivity index (χ3v) is 5.42. The molecule has 1 amide bonds. The molecule has 0 fully saturated rings. The third kappa shape index (κ3) is 5.30. The molecule has 3 aromatic carbocycles. The molecule has 3 N–H and O–H groups in total. The van der Waals surface area contributed by atoms with Gasteiger partial charge < -0.3 is 15.7 Å². The molecule has 0 bridgehead atoms. The van der Waals surface area contributed by atoms with Crippen molar-refractivity contribution in [2.24, 2.45) is 0 Å². The van der Waals surface area contributed by atoms with Crippen LogP contribution in [0, 0.1) is 13.8 Å². The maximum Gasteiger partial charge on any atom is 0.243 e. The molecule has 0 aliphatic rings. The summed E-state index contributed by atoms with van der Waals surface area (Å²) in [5.74, 6) is 0.863. The van der Waals surface area contributed by atoms with Crippen LogP contribution in [-0.4, -0.2) is 17.6 Å². The van der Waals surface area contributed by atoms with Gasteiger partial charge in [0.15, 0.2) is 0 Å². The number of aryl methyl sites for hydroxylation is 2. The van der Waals surface area contributed by atoms with Crippen LogP contribution in [0.3, 0.4) is 0 Å². The van der Waals surface area contributed by atoms with Gasteiger partial charge in [-0.05, 0) is 43.7 Å². The van der Waals surface area contributed by atoms with Gasteiger partial charge in [0, 0.05) is 21.9 Å². The van der Waals surface area contributed by atoms with E-state index in [1.165, 1.54) is 0 Å². The van der Waals surface area contributed by atoms with Crippen molar-refractivity contribution in [3.63, 3.8) is 0 Å². The summed E-state index contributed by atoms with van der Waals surface area (Å²) < 4.78 is 0. The van der Waals surface area contributed by atoms with Gasteiger partial charge in [0.1, 0.15) is 5.75 Å². The fourth-order valence-electron chi connectivity index (χ4n) is 2.94. The number of nitrogens with one attached hydrogen (secondary N) is 2. The van der Waals surface area contributed by atoms with Gasteiger partial charge in [-0.1, -0.05) is 48.0 Å². The van der Waals surface area contributed by atoms with Crippen molar-refractivity contribution in [1.29, 1.82) is 0 Å². The Labute approximate surface area is 170 Å². The van der Waals surface area contributed by atoms with Crippen molar-refractivity contribution in [3.8, 4) is 5.75 Å². The van der Waals surface area contributed by atoms with Crippen LogP contribution in [0.2, 0.25) is 0 Å². The maximum atomic E-state index is 12.3. The number of carbonyl (C=O) groups excluding carboxylic acids is 1. The van der Waals surface area contributed by atoms with E-state index in [9.17, 15) is 9.90 Å². The molecule has 0 radical (unpaired) electrons. The van der Waals surface area contributed by atoms with Gasteiger partial charge in [-0.2, -0.15) is 0 Å². The number of hydrogen-bond acceptors (Lipinski definition) is 4. The molecule has 28 heavy (non-hydrogen) atoms. The van der Waals surface area contributed by atoms with Crippen molar-refractivity contribution < 1.29 is 9.90 Å². The van der Waals surface area contributed by atoms with Crippen molar-refractivity contribution in [3.05, 3.63) is 83.4 Å². The second-order valence-corrected chi connectivity index (χ2v) is 7.66. The van der Waals surface area contributed by atoms with Gasteiger partial charge in [-0.3, -0.25) is 4.79 Å². The van der Waals surface area contributed by atoms with Crippen LogP contribution in [0.25, 0.3) is 0 Å². The second-order valence-electron chi connectivity index (χ2n) is 6.64. The summed E-state index contributed by atoms with van der Waals surface area (Å²) in [5, 5.41) is 16.4. The highest BCUT2D eigenvalue weighted by Crippen LogP contribution is 2.34. The van der Waals surface area contributed by atoms with Gasteiger partial charge in [-0.25, -0.2) is 0 Å². The fraction of sp³-hybridized carbons (Fsp3) is 0.174. The number of carbonyl (C=O) groups is 1. The van der Waals surface area contributed by atoms with Crippen molar-refractivity contribution in [2.45, 2.75) is 24.5 Å². The van der Waals surface area contributed by atoms with Gasteiger partial charge in [0.25, 0.3) is 0 Å². The first-order valence-corrected chi connectivity index (χ1v) is 10.1. The number of amides is 1. The summed E-state index contributed by atoms with van der Waals surface area (Å²) in [7, 11) is 0. The van der Waals surface area contributed by atoms with Gasteiger partial charge in [0.2, 0.25) is 5.91 Å². The van der Waals surface area contributed by atoms with E-state index < -0.39 is 0 Å². The summed E-state index contributed by atoms with van der Waals surface area (Å²) in [6.45, 7) is 4.12. The Balaban J connectivity index is 1.64. The molecule has 0 aliphatic carbocycles. The Morgan fingerprint density at radius 3 is 2.50 bits per heavy atom. The monoisotopic (exact) mass is 392 g/mol. The first-order chi connectivity index (χ1) is 13.5. The highest BCUT2D eigenvalue weighted by Gasteiger charge is 2.10. The largest absolute Gasteiger partial charge is 0.507 e. The molecule has 0 aliphatic heterocycles. The number of hydrogen-bond donors (Lipinski definition) is 3. The number of anilines is 2. The first-order valence-electron chi connectivity index (χ1n) is 9.12. The lowest BCUT2D eigenvalue weighted by Gasteiger charge is -2.13. The van der Waals surface area contributed by atoms with E-state index in [1.807, 2.05) is 80.6 Å². The highest BCUT2D eigenvalue weighted by molar-refractivity contribution is 7.98. The molecule has 0 aromatic heterocycles. The Bertz CT molecular complexity index is 958. The minimum absolute atomic E-state index is 0.105. The topological polar surface area (TPSA) is 61.4 Å². The van der Waals surface area contributed by atoms with E-state index in [1.54, 1.807) is 11.8 Å². The number of aromatic hydroxyl groups is 1. The Morgan fingerprint density at radius 1 is 1.00 bits per heavy atom. The van der Waals surface area contributed by atoms with Crippen LogP contribution in [0.15, 0.2) is 71.6 Å². The van der Waals surface area contributed by atoms with Crippen molar-refractivity contribution >= 4 is 29.0 Å². The molecule has 4 nitrogen and oxygen atoms in total. The molecule has 3 rings (SSSR count). The summed E-state index contributed by atoms with van der Waals surface area (Å²) in [6, 6.07) is 21.3. The van der Waals surface area contributed by atoms with Crippen LogP contribution >= 0.6 is 11.8 Å². The molecule has 0 unspecified atom stereocenters. The summed E-state index contributed by atoms with van der Waals surface area (Å²) in [5.41, 5.74) is 4.58. The van der Waals surface area contributed by atoms with Gasteiger partial charge >= 0.3 is 0 Å². The first kappa shape index (κ1) is 19.8. The van der Waals surface area contributed by atoms with Crippen molar-refractivity contribution in [2.75, 3.05) is 17.2 Å². The number of phenolic OH excluding ortho intramolecular Hbond substituents is 1. The number of rotatable bonds is 7. The van der Waals surface area contributed by atoms with Crippen LogP contribution in [-0.2, 0) is 10.5 Å². The molecular formula is C23H24N2O2S. The minimum atomic E-state index is -0.105. The summed E-state index contributed by atoms with van der Waals surface area (Å²) >= 11 is 1.59. The molecular weight excluding hydrogens is 368 g/mol. The molecule has 5 heteroatoms. The minimum Gasteiger partial charge on any atom is -0.507 e. The normalized spacial score (nSPS) is 10.5. The standard InChI is InChI=1S/C23H24N2O2S/c1-16-12-17(2)23(27)18(13-16)15-28-21-11-7-6-10-20(21)25-22(26)14-24-19-8-4-3-5-9-19/h3-13,24,27H,14-15H2,1-2H3,(H,25,26). The van der Waals surface area contributed by atoms with E-state index in [4.69, 9.17) is 0 Å². The maximum absolute atomic E-state index is 12.3. The Morgan fingerprint density at radius 2 is 1.71 bits per heavy atom. The zero-order valence-corrected chi connectivity index (χ0v) is 16.8. The molecule has 0 atom stereocenters. The van der Waals surface area contributed by atoms with Gasteiger partial charge in [0.05, 0.1) is 12.2 Å². The third-order valence-electron chi connectivity index (χ3n) is 4.29. The van der Waals surface area contributed by atoms with Gasteiger partial charge in [-0.15, -0.1) is 11.8 Å². The van der Waals surface area contributed by atoms with Crippen LogP contribution in [0.4, 0.5) is 11.4 Å². The molecule has 0 saturated heterocycles. The Kier molecular flexibility index (Phi) is 6.61. The smallest absolute Gasteiger partial charge is 0.243 e. The zero-order valence-electron chi connectivity index (χ0n) is 16.0. The molecule has 0 spiro atoms. The van der Waals surface area contributed by atoms with Crippen molar-refractivity contribution in [1.82, 2.24) is 0 Å². The number of para-hydroxylation sites is 2. The quantitative estimate of drug-likeness (QED) is 0.474. The average molecular weight is 393 g/mol. The summed E-state index contributed by atoms with van der Waals surface area (Å²) in [6.07, 6.45) is 0. The Hall–Kier alpha value is -2.92. The average Bonchev–Trinajstić information content (AvgIpc) is 2.70. The van der Waals surface area contributed by atoms with Crippen LogP contribution in [0.5, 0.6) is 5.75 Å². The zero-order chi connectivity index (χ0) is 19.9. The summed E-state index contributed by atoms with van der Waals surface area (Å²) in [4.78, 5) is 13.3. The van der Waals surface area contributed by atoms with Crippen LogP contribution in [0.1, 0.15) is 16.7 Å². The lowest BCUT2D eigenvalue weighted by atomic mass is 10.1. The molecule has 144 valence electrons. The lowest BCUT2D eigenvalue weighted by Crippen LogP contribution is -2.22. The van der Waals surface area contributed by atoms with E-state index in [-0.39, 0.29) is 12.5 Å². The van der Waals surface area contributed by atoms with E-state index >= 15 is 0 Å². The van der Waals surface area contributed by atoms with E-state index in [0.717, 1.165) is 33.0 Å². The number of thioether (sulfide) groups is 1. The number of benzene rings is 3. The SMILES string of the molecule is Cc1cc(C)c(O)c(CSc2ccccc2NC(=O)CNc2ccccc2)c1. The van der Waals surface area contributed by atoms with E-state index in [0.29, 0.717) is 11.5 Å². The highest BCUT2D eigenvalue weighted by atomic mass is 32.2. The lowest BCUT2D eigenvalue weighted by molar-refractivity contribution is -0.114. The van der Waals surface area contributed by atoms with E-state index in [2.05, 4.69) is 10.6 Å². The molecule has 0 saturated carbocycles. The molecule has 0 heterocycles. The predicted octanol–water partition coefficient (Wildman–Crippen LogP) is 5.35. The molecule has 3 aromatic rings. The predicted molar refractivity (Wildman–Crippen MR) is 117 cm³/mol.